The molecule has 1 N–H and O–H groups in total. The van der Waals surface area contributed by atoms with Gasteiger partial charge in [-0.05, 0) is 46.5 Å². The molecule has 2 atom stereocenters. The Bertz CT molecular complexity index is 456. The van der Waals surface area contributed by atoms with Crippen LogP contribution in [-0.4, -0.2) is 13.2 Å². The molecule has 96 valence electrons. The first-order valence-electron chi connectivity index (χ1n) is 6.20. The normalized spacial score (nSPS) is 22.7. The molecule has 3 nitrogen and oxygen atoms in total. The van der Waals surface area contributed by atoms with E-state index in [9.17, 15) is 0 Å². The lowest BCUT2D eigenvalue weighted by Gasteiger charge is -2.16. The van der Waals surface area contributed by atoms with Gasteiger partial charge in [0.2, 0.25) is 0 Å². The molecule has 18 heavy (non-hydrogen) atoms. The molecule has 1 aromatic rings. The summed E-state index contributed by atoms with van der Waals surface area (Å²) in [6.45, 7) is 0.797. The van der Waals surface area contributed by atoms with Crippen LogP contribution in [0.2, 0.25) is 0 Å². The third-order valence-electron chi connectivity index (χ3n) is 3.47. The van der Waals surface area contributed by atoms with Crippen molar-refractivity contribution in [1.82, 2.24) is 5.32 Å². The zero-order chi connectivity index (χ0) is 13.0. The van der Waals surface area contributed by atoms with Gasteiger partial charge in [-0.3, -0.25) is 0 Å². The first kappa shape index (κ1) is 13.4. The summed E-state index contributed by atoms with van der Waals surface area (Å²) in [6, 6.07) is 8.79. The Balaban J connectivity index is 1.94. The van der Waals surface area contributed by atoms with E-state index >= 15 is 0 Å². The number of hydrogen-bond donors (Lipinski definition) is 1. The Hall–Kier alpha value is -1.05. The van der Waals surface area contributed by atoms with Gasteiger partial charge in [-0.1, -0.05) is 12.5 Å². The van der Waals surface area contributed by atoms with Gasteiger partial charge in [-0.2, -0.15) is 5.26 Å². The molecular weight excluding hydrogens is 292 g/mol. The second kappa shape index (κ2) is 6.21. The largest absolute Gasteiger partial charge is 0.496 e. The summed E-state index contributed by atoms with van der Waals surface area (Å²) in [4.78, 5) is 0. The quantitative estimate of drug-likeness (QED) is 0.928. The van der Waals surface area contributed by atoms with Gasteiger partial charge in [0.05, 0.1) is 23.6 Å². The lowest BCUT2D eigenvalue weighted by molar-refractivity contribution is 0.411. The zero-order valence-corrected chi connectivity index (χ0v) is 12.0. The van der Waals surface area contributed by atoms with Gasteiger partial charge in [0, 0.05) is 12.6 Å². The Kier molecular flexibility index (Phi) is 4.62. The van der Waals surface area contributed by atoms with Crippen LogP contribution in [0.15, 0.2) is 22.7 Å². The lowest BCUT2D eigenvalue weighted by atomic mass is 10.1. The Labute approximate surface area is 116 Å². The Morgan fingerprint density at radius 2 is 2.33 bits per heavy atom. The van der Waals surface area contributed by atoms with Crippen molar-refractivity contribution in [2.24, 2.45) is 5.92 Å². The third kappa shape index (κ3) is 3.04. The maximum atomic E-state index is 9.03. The minimum atomic E-state index is 0.173. The average molecular weight is 309 g/mol. The molecule has 0 aromatic heterocycles. The van der Waals surface area contributed by atoms with Crippen molar-refractivity contribution in [2.75, 3.05) is 7.11 Å². The molecule has 1 aliphatic rings. The summed E-state index contributed by atoms with van der Waals surface area (Å²) in [7, 11) is 1.66. The van der Waals surface area contributed by atoms with E-state index in [1.54, 1.807) is 7.11 Å². The van der Waals surface area contributed by atoms with Crippen molar-refractivity contribution in [3.63, 3.8) is 0 Å². The summed E-state index contributed by atoms with van der Waals surface area (Å²) in [6.07, 6.45) is 3.29. The highest BCUT2D eigenvalue weighted by atomic mass is 79.9. The molecule has 1 aliphatic carbocycles. The predicted octanol–water partition coefficient (Wildman–Crippen LogP) is 3.24. The van der Waals surface area contributed by atoms with Crippen LogP contribution in [-0.2, 0) is 6.54 Å². The van der Waals surface area contributed by atoms with Crippen LogP contribution in [0.1, 0.15) is 24.8 Å². The van der Waals surface area contributed by atoms with Gasteiger partial charge in [0.1, 0.15) is 5.75 Å². The molecule has 1 aromatic carbocycles. The molecule has 0 amide bonds. The van der Waals surface area contributed by atoms with Gasteiger partial charge in [0.25, 0.3) is 0 Å². The fourth-order valence-electron chi connectivity index (χ4n) is 2.43. The van der Waals surface area contributed by atoms with Crippen LogP contribution < -0.4 is 10.1 Å². The van der Waals surface area contributed by atoms with E-state index < -0.39 is 0 Å². The zero-order valence-electron chi connectivity index (χ0n) is 10.4. The number of nitrogens with zero attached hydrogens (tertiary/aromatic N) is 1. The summed E-state index contributed by atoms with van der Waals surface area (Å²) < 4.78 is 6.17. The summed E-state index contributed by atoms with van der Waals surface area (Å²) >= 11 is 3.48. The number of methoxy groups -OCH3 is 1. The van der Waals surface area contributed by atoms with Crippen molar-refractivity contribution in [2.45, 2.75) is 31.8 Å². The topological polar surface area (TPSA) is 45.0 Å². The molecular formula is C14H17BrN2O. The van der Waals surface area contributed by atoms with Gasteiger partial charge < -0.3 is 10.1 Å². The molecule has 0 aliphatic heterocycles. The standard InChI is InChI=1S/C14H17BrN2O/c1-18-14-6-5-10(7-12(14)15)9-17-13-4-2-3-11(13)8-16/h5-7,11,13,17H,2-4,9H2,1H3. The average Bonchev–Trinajstić information content (AvgIpc) is 2.84. The molecule has 0 spiro atoms. The summed E-state index contributed by atoms with van der Waals surface area (Å²) in [5.74, 6) is 1.02. The van der Waals surface area contributed by atoms with Crippen molar-refractivity contribution in [3.8, 4) is 11.8 Å². The second-order valence-corrected chi connectivity index (χ2v) is 5.48. The van der Waals surface area contributed by atoms with Gasteiger partial charge in [-0.25, -0.2) is 0 Å². The third-order valence-corrected chi connectivity index (χ3v) is 4.09. The molecule has 0 saturated heterocycles. The molecule has 1 saturated carbocycles. The highest BCUT2D eigenvalue weighted by Crippen LogP contribution is 2.27. The highest BCUT2D eigenvalue weighted by molar-refractivity contribution is 9.10. The SMILES string of the molecule is COc1ccc(CNC2CCCC2C#N)cc1Br. The fourth-order valence-corrected chi connectivity index (χ4v) is 3.02. The van der Waals surface area contributed by atoms with E-state index in [0.29, 0.717) is 6.04 Å². The van der Waals surface area contributed by atoms with Gasteiger partial charge in [0.15, 0.2) is 0 Å². The van der Waals surface area contributed by atoms with Gasteiger partial charge >= 0.3 is 0 Å². The monoisotopic (exact) mass is 308 g/mol. The van der Waals surface area contributed by atoms with Crippen molar-refractivity contribution < 1.29 is 4.74 Å². The molecule has 0 heterocycles. The molecule has 0 radical (unpaired) electrons. The maximum Gasteiger partial charge on any atom is 0.133 e. The number of nitrogens with one attached hydrogen (secondary N) is 1. The van der Waals surface area contributed by atoms with Crippen molar-refractivity contribution in [1.29, 1.82) is 5.26 Å². The van der Waals surface area contributed by atoms with E-state index in [1.807, 2.05) is 12.1 Å². The smallest absolute Gasteiger partial charge is 0.133 e. The lowest BCUT2D eigenvalue weighted by Crippen LogP contribution is -2.31. The molecule has 1 fully saturated rings. The van der Waals surface area contributed by atoms with E-state index in [0.717, 1.165) is 36.0 Å². The van der Waals surface area contributed by atoms with Crippen LogP contribution in [0.3, 0.4) is 0 Å². The first-order chi connectivity index (χ1) is 8.74. The molecule has 0 bridgehead atoms. The van der Waals surface area contributed by atoms with E-state index in [4.69, 9.17) is 10.00 Å². The maximum absolute atomic E-state index is 9.03. The fraction of sp³-hybridized carbons (Fsp3) is 0.500. The number of hydrogen-bond acceptors (Lipinski definition) is 3. The minimum Gasteiger partial charge on any atom is -0.496 e. The highest BCUT2D eigenvalue weighted by Gasteiger charge is 2.26. The first-order valence-corrected chi connectivity index (χ1v) is 6.99. The molecule has 4 heteroatoms. The van der Waals surface area contributed by atoms with Crippen LogP contribution in [0.4, 0.5) is 0 Å². The Morgan fingerprint density at radius 3 is 3.00 bits per heavy atom. The number of halogens is 1. The minimum absolute atomic E-state index is 0.173. The van der Waals surface area contributed by atoms with Crippen LogP contribution in [0.25, 0.3) is 0 Å². The summed E-state index contributed by atoms with van der Waals surface area (Å²) in [5, 5.41) is 12.5. The number of ether oxygens (including phenoxy) is 1. The van der Waals surface area contributed by atoms with Crippen LogP contribution in [0.5, 0.6) is 5.75 Å². The van der Waals surface area contributed by atoms with Crippen molar-refractivity contribution >= 4 is 15.9 Å². The molecule has 2 rings (SSSR count). The number of nitriles is 1. The van der Waals surface area contributed by atoms with E-state index in [-0.39, 0.29) is 5.92 Å². The van der Waals surface area contributed by atoms with Crippen LogP contribution in [0, 0.1) is 17.2 Å². The number of benzene rings is 1. The van der Waals surface area contributed by atoms with Crippen LogP contribution >= 0.6 is 15.9 Å². The second-order valence-electron chi connectivity index (χ2n) is 4.62. The predicted molar refractivity (Wildman–Crippen MR) is 74.3 cm³/mol. The van der Waals surface area contributed by atoms with E-state index in [2.05, 4.69) is 33.4 Å². The Morgan fingerprint density at radius 1 is 1.50 bits per heavy atom. The number of rotatable bonds is 4. The summed E-state index contributed by atoms with van der Waals surface area (Å²) in [5.41, 5.74) is 1.20. The molecule has 2 unspecified atom stereocenters. The van der Waals surface area contributed by atoms with E-state index in [1.165, 1.54) is 5.56 Å². The van der Waals surface area contributed by atoms with Crippen molar-refractivity contribution in [3.05, 3.63) is 28.2 Å². The van der Waals surface area contributed by atoms with Gasteiger partial charge in [-0.15, -0.1) is 0 Å².